The molecule has 0 spiro atoms. The summed E-state index contributed by atoms with van der Waals surface area (Å²) in [6, 6.07) is 11.7. The maximum atomic E-state index is 12.3. The van der Waals surface area contributed by atoms with Gasteiger partial charge in [-0.2, -0.15) is 0 Å². The van der Waals surface area contributed by atoms with Crippen molar-refractivity contribution in [2.24, 2.45) is 0 Å². The number of Topliss-reactive ketones (excluding diaryl/α,β-unsaturated/α-hetero) is 1. The average Bonchev–Trinajstić information content (AvgIpc) is 2.37. The first-order chi connectivity index (χ1) is 9.47. The van der Waals surface area contributed by atoms with Crippen molar-refractivity contribution < 1.29 is 9.53 Å². The van der Waals surface area contributed by atoms with Gasteiger partial charge < -0.3 is 4.74 Å². The molecule has 2 aromatic rings. The van der Waals surface area contributed by atoms with Crippen LogP contribution in [0, 0.1) is 24.3 Å². The molecular weight excluding hydrogens is 363 g/mol. The average molecular weight is 380 g/mol. The van der Waals surface area contributed by atoms with Gasteiger partial charge >= 0.3 is 0 Å². The van der Waals surface area contributed by atoms with Gasteiger partial charge in [-0.05, 0) is 78.8 Å². The van der Waals surface area contributed by atoms with E-state index in [4.69, 9.17) is 4.74 Å². The number of ketones is 1. The minimum absolute atomic E-state index is 0.0264. The normalized spacial score (nSPS) is 10.4. The van der Waals surface area contributed by atoms with E-state index in [0.29, 0.717) is 0 Å². The number of hydrogen-bond donors (Lipinski definition) is 0. The van der Waals surface area contributed by atoms with Gasteiger partial charge in [0, 0.05) is 9.13 Å². The summed E-state index contributed by atoms with van der Waals surface area (Å²) < 4.78 is 6.71. The van der Waals surface area contributed by atoms with E-state index in [1.165, 1.54) is 5.56 Å². The molecule has 0 fully saturated rings. The minimum Gasteiger partial charge on any atom is -0.485 e. The summed E-state index contributed by atoms with van der Waals surface area (Å²) in [4.78, 5) is 12.3. The van der Waals surface area contributed by atoms with E-state index < -0.39 is 0 Å². The highest BCUT2D eigenvalue weighted by atomic mass is 127. The number of aryl methyl sites for hydroxylation is 3. The molecule has 0 saturated heterocycles. The summed E-state index contributed by atoms with van der Waals surface area (Å²) in [5, 5.41) is 0. The summed E-state index contributed by atoms with van der Waals surface area (Å²) in [6.45, 7) is 6.05. The Morgan fingerprint density at radius 1 is 1.05 bits per heavy atom. The van der Waals surface area contributed by atoms with Gasteiger partial charge in [-0.3, -0.25) is 4.79 Å². The quantitative estimate of drug-likeness (QED) is 0.578. The van der Waals surface area contributed by atoms with E-state index in [-0.39, 0.29) is 12.4 Å². The maximum Gasteiger partial charge on any atom is 0.200 e. The van der Waals surface area contributed by atoms with Crippen molar-refractivity contribution in [1.29, 1.82) is 0 Å². The van der Waals surface area contributed by atoms with Gasteiger partial charge in [0.1, 0.15) is 5.75 Å². The Bertz CT molecular complexity index is 607. The van der Waals surface area contributed by atoms with Crippen molar-refractivity contribution in [3.05, 3.63) is 62.2 Å². The molecule has 0 aliphatic heterocycles. The first kappa shape index (κ1) is 15.0. The summed E-state index contributed by atoms with van der Waals surface area (Å²) in [7, 11) is 0. The Morgan fingerprint density at radius 3 is 2.15 bits per heavy atom. The molecule has 3 heteroatoms. The third kappa shape index (κ3) is 3.60. The standard InChI is InChI=1S/C17H17IO2/c1-11-8-12(2)17(13(3)9-11)16(19)10-20-15-6-4-14(18)5-7-15/h4-9H,10H2,1-3H3. The van der Waals surface area contributed by atoms with Gasteiger partial charge in [0.2, 0.25) is 5.78 Å². The van der Waals surface area contributed by atoms with Crippen molar-refractivity contribution in [2.45, 2.75) is 20.8 Å². The Balaban J connectivity index is 2.11. The van der Waals surface area contributed by atoms with Crippen LogP contribution < -0.4 is 4.74 Å². The third-order valence-corrected chi connectivity index (χ3v) is 3.86. The number of halogens is 1. The van der Waals surface area contributed by atoms with Gasteiger partial charge in [0.05, 0.1) is 0 Å². The Labute approximate surface area is 133 Å². The topological polar surface area (TPSA) is 26.3 Å². The lowest BCUT2D eigenvalue weighted by Crippen LogP contribution is -2.14. The van der Waals surface area contributed by atoms with E-state index in [1.54, 1.807) is 0 Å². The molecule has 0 heterocycles. The molecule has 2 aromatic carbocycles. The lowest BCUT2D eigenvalue weighted by molar-refractivity contribution is 0.0920. The summed E-state index contributed by atoms with van der Waals surface area (Å²) in [5.41, 5.74) is 3.98. The fraction of sp³-hybridized carbons (Fsp3) is 0.235. The van der Waals surface area contributed by atoms with Crippen LogP contribution >= 0.6 is 22.6 Å². The summed E-state index contributed by atoms with van der Waals surface area (Å²) in [6.07, 6.45) is 0. The minimum atomic E-state index is 0.0264. The van der Waals surface area contributed by atoms with Crippen LogP contribution in [-0.4, -0.2) is 12.4 Å². The molecule has 104 valence electrons. The highest BCUT2D eigenvalue weighted by Crippen LogP contribution is 2.18. The van der Waals surface area contributed by atoms with Crippen LogP contribution in [0.1, 0.15) is 27.0 Å². The molecule has 2 rings (SSSR count). The molecule has 0 bridgehead atoms. The first-order valence-corrected chi connectivity index (χ1v) is 7.54. The first-order valence-electron chi connectivity index (χ1n) is 6.47. The Morgan fingerprint density at radius 2 is 1.60 bits per heavy atom. The molecule has 20 heavy (non-hydrogen) atoms. The van der Waals surface area contributed by atoms with Gasteiger partial charge in [0.25, 0.3) is 0 Å². The van der Waals surface area contributed by atoms with Crippen LogP contribution in [0.5, 0.6) is 5.75 Å². The Kier molecular flexibility index (Phi) is 4.81. The maximum absolute atomic E-state index is 12.3. The number of hydrogen-bond acceptors (Lipinski definition) is 2. The van der Waals surface area contributed by atoms with E-state index >= 15 is 0 Å². The number of rotatable bonds is 4. The van der Waals surface area contributed by atoms with Crippen LogP contribution in [0.2, 0.25) is 0 Å². The molecular formula is C17H17IO2. The van der Waals surface area contributed by atoms with Gasteiger partial charge in [-0.15, -0.1) is 0 Å². The molecule has 2 nitrogen and oxygen atoms in total. The summed E-state index contributed by atoms with van der Waals surface area (Å²) in [5.74, 6) is 0.750. The van der Waals surface area contributed by atoms with Crippen molar-refractivity contribution in [1.82, 2.24) is 0 Å². The molecule has 0 saturated carbocycles. The van der Waals surface area contributed by atoms with Gasteiger partial charge in [-0.25, -0.2) is 0 Å². The molecule has 0 unspecified atom stereocenters. The van der Waals surface area contributed by atoms with E-state index in [9.17, 15) is 4.79 Å². The summed E-state index contributed by atoms with van der Waals surface area (Å²) >= 11 is 2.24. The molecule has 0 amide bonds. The van der Waals surface area contributed by atoms with Gasteiger partial charge in [-0.1, -0.05) is 17.7 Å². The van der Waals surface area contributed by atoms with E-state index in [1.807, 2.05) is 57.2 Å². The van der Waals surface area contributed by atoms with Crippen LogP contribution in [0.3, 0.4) is 0 Å². The number of carbonyl (C=O) groups is 1. The zero-order valence-electron chi connectivity index (χ0n) is 11.9. The molecule has 0 N–H and O–H groups in total. The molecule has 0 atom stereocenters. The molecule has 0 aliphatic carbocycles. The van der Waals surface area contributed by atoms with Crippen LogP contribution in [-0.2, 0) is 0 Å². The lowest BCUT2D eigenvalue weighted by Gasteiger charge is -2.11. The zero-order valence-corrected chi connectivity index (χ0v) is 14.0. The van der Waals surface area contributed by atoms with Crippen LogP contribution in [0.4, 0.5) is 0 Å². The Hall–Kier alpha value is -1.36. The van der Waals surface area contributed by atoms with Crippen LogP contribution in [0.15, 0.2) is 36.4 Å². The predicted molar refractivity (Wildman–Crippen MR) is 89.6 cm³/mol. The largest absolute Gasteiger partial charge is 0.485 e. The van der Waals surface area contributed by atoms with Crippen molar-refractivity contribution >= 4 is 28.4 Å². The smallest absolute Gasteiger partial charge is 0.200 e. The van der Waals surface area contributed by atoms with Crippen molar-refractivity contribution in [3.8, 4) is 5.75 Å². The highest BCUT2D eigenvalue weighted by Gasteiger charge is 2.13. The van der Waals surface area contributed by atoms with Gasteiger partial charge in [0.15, 0.2) is 6.61 Å². The zero-order chi connectivity index (χ0) is 14.7. The predicted octanol–water partition coefficient (Wildman–Crippen LogP) is 4.48. The second-order valence-corrected chi connectivity index (χ2v) is 6.19. The monoisotopic (exact) mass is 380 g/mol. The highest BCUT2D eigenvalue weighted by molar-refractivity contribution is 14.1. The number of ether oxygens (including phenoxy) is 1. The van der Waals surface area contributed by atoms with Crippen LogP contribution in [0.25, 0.3) is 0 Å². The van der Waals surface area contributed by atoms with E-state index in [2.05, 4.69) is 22.6 Å². The fourth-order valence-corrected chi connectivity index (χ4v) is 2.73. The SMILES string of the molecule is Cc1cc(C)c(C(=O)COc2ccc(I)cc2)c(C)c1. The molecule has 0 aliphatic rings. The number of benzene rings is 2. The van der Waals surface area contributed by atoms with Crippen molar-refractivity contribution in [3.63, 3.8) is 0 Å². The second kappa shape index (κ2) is 6.39. The lowest BCUT2D eigenvalue weighted by atomic mass is 9.97. The third-order valence-electron chi connectivity index (χ3n) is 3.14. The van der Waals surface area contributed by atoms with Crippen molar-refractivity contribution in [2.75, 3.05) is 6.61 Å². The molecule has 0 aromatic heterocycles. The van der Waals surface area contributed by atoms with E-state index in [0.717, 1.165) is 26.0 Å². The number of carbonyl (C=O) groups excluding carboxylic acids is 1. The molecule has 0 radical (unpaired) electrons. The fourth-order valence-electron chi connectivity index (χ4n) is 2.37. The second-order valence-electron chi connectivity index (χ2n) is 4.94.